The van der Waals surface area contributed by atoms with Crippen LogP contribution in [-0.4, -0.2) is 11.1 Å². The fraction of sp³-hybridized carbons (Fsp3) is 0.353. The average Bonchev–Trinajstić information content (AvgIpc) is 2.46. The van der Waals surface area contributed by atoms with Gasteiger partial charge in [0.25, 0.3) is 0 Å². The van der Waals surface area contributed by atoms with Gasteiger partial charge in [-0.2, -0.15) is 12.6 Å². The summed E-state index contributed by atoms with van der Waals surface area (Å²) in [6, 6.07) is 7.45. The third-order valence-electron chi connectivity index (χ3n) is 3.86. The van der Waals surface area contributed by atoms with E-state index in [1.165, 1.54) is 0 Å². The van der Waals surface area contributed by atoms with Crippen molar-refractivity contribution in [1.29, 1.82) is 0 Å². The number of anilines is 1. The summed E-state index contributed by atoms with van der Waals surface area (Å²) in [5.74, 6) is -0.848. The molecule has 0 saturated carbocycles. The van der Waals surface area contributed by atoms with E-state index in [1.807, 2.05) is 36.4 Å². The predicted molar refractivity (Wildman–Crippen MR) is 89.5 cm³/mol. The second-order valence-electron chi connectivity index (χ2n) is 5.47. The van der Waals surface area contributed by atoms with E-state index < -0.39 is 10.7 Å². The lowest BCUT2D eigenvalue weighted by Gasteiger charge is -2.30. The van der Waals surface area contributed by atoms with Gasteiger partial charge in [-0.1, -0.05) is 37.6 Å². The Balaban J connectivity index is 2.31. The van der Waals surface area contributed by atoms with E-state index in [2.05, 4.69) is 6.92 Å². The number of hydrogen-bond donors (Lipinski definition) is 3. The molecule has 1 aliphatic carbocycles. The summed E-state index contributed by atoms with van der Waals surface area (Å²) < 4.78 is -0.586. The minimum absolute atomic E-state index is 0.394. The Kier molecular flexibility index (Phi) is 4.78. The van der Waals surface area contributed by atoms with Gasteiger partial charge in [0.2, 0.25) is 0 Å². The second kappa shape index (κ2) is 6.39. The molecule has 1 unspecified atom stereocenters. The molecule has 1 aliphatic rings. The van der Waals surface area contributed by atoms with Crippen molar-refractivity contribution in [2.75, 3.05) is 5.73 Å². The number of carboxylic acids is 1. The maximum absolute atomic E-state index is 11.6. The molecule has 4 heteroatoms. The Labute approximate surface area is 131 Å². The van der Waals surface area contributed by atoms with Crippen LogP contribution in [0, 0.1) is 0 Å². The molecular formula is C17H21NO2S. The third-order valence-corrected chi connectivity index (χ3v) is 4.43. The van der Waals surface area contributed by atoms with Gasteiger partial charge in [-0.05, 0) is 36.1 Å². The first-order chi connectivity index (χ1) is 9.96. The number of carbonyl (C=O) groups is 1. The van der Waals surface area contributed by atoms with Gasteiger partial charge in [0.15, 0.2) is 0 Å². The summed E-state index contributed by atoms with van der Waals surface area (Å²) in [5.41, 5.74) is 8.75. The number of nitrogen functional groups attached to an aromatic ring is 1. The van der Waals surface area contributed by atoms with Crippen molar-refractivity contribution in [3.8, 4) is 0 Å². The highest BCUT2D eigenvalue weighted by Gasteiger charge is 2.32. The van der Waals surface area contributed by atoms with Gasteiger partial charge in [-0.25, -0.2) is 4.79 Å². The van der Waals surface area contributed by atoms with Crippen LogP contribution in [0.4, 0.5) is 5.69 Å². The van der Waals surface area contributed by atoms with Gasteiger partial charge in [0.1, 0.15) is 0 Å². The summed E-state index contributed by atoms with van der Waals surface area (Å²) in [7, 11) is 0. The highest BCUT2D eigenvalue weighted by Crippen LogP contribution is 2.42. The molecule has 0 spiro atoms. The molecule has 0 amide bonds. The van der Waals surface area contributed by atoms with Crippen LogP contribution < -0.4 is 5.73 Å². The summed E-state index contributed by atoms with van der Waals surface area (Å²) in [6.07, 6.45) is 7.17. The van der Waals surface area contributed by atoms with Crippen LogP contribution in [0.2, 0.25) is 0 Å². The zero-order valence-corrected chi connectivity index (χ0v) is 13.1. The van der Waals surface area contributed by atoms with E-state index in [0.29, 0.717) is 17.7 Å². The van der Waals surface area contributed by atoms with E-state index in [9.17, 15) is 9.90 Å². The maximum Gasteiger partial charge on any atom is 0.331 e. The van der Waals surface area contributed by atoms with Gasteiger partial charge < -0.3 is 10.8 Å². The van der Waals surface area contributed by atoms with Crippen molar-refractivity contribution in [3.05, 3.63) is 53.1 Å². The lowest BCUT2D eigenvalue weighted by molar-refractivity contribution is -0.132. The van der Waals surface area contributed by atoms with Crippen molar-refractivity contribution in [3.63, 3.8) is 0 Å². The molecule has 3 N–H and O–H groups in total. The van der Waals surface area contributed by atoms with Crippen LogP contribution in [-0.2, 0) is 9.54 Å². The zero-order chi connectivity index (χ0) is 15.5. The fourth-order valence-corrected chi connectivity index (χ4v) is 2.95. The highest BCUT2D eigenvalue weighted by molar-refractivity contribution is 7.81. The number of unbranched alkanes of at least 4 members (excludes halogenated alkanes) is 1. The van der Waals surface area contributed by atoms with E-state index >= 15 is 0 Å². The topological polar surface area (TPSA) is 63.3 Å². The minimum atomic E-state index is -0.848. The Morgan fingerprint density at radius 1 is 1.38 bits per heavy atom. The first-order valence-corrected chi connectivity index (χ1v) is 7.64. The molecule has 0 bridgehead atoms. The maximum atomic E-state index is 11.6. The summed E-state index contributed by atoms with van der Waals surface area (Å²) in [5, 5.41) is 9.49. The number of hydrogen-bond acceptors (Lipinski definition) is 3. The molecule has 0 fully saturated rings. The predicted octanol–water partition coefficient (Wildman–Crippen LogP) is 3.93. The number of nitrogens with two attached hydrogens (primary N) is 1. The Bertz CT molecular complexity index is 589. The first-order valence-electron chi connectivity index (χ1n) is 7.19. The molecule has 1 atom stereocenters. The number of rotatable bonds is 5. The molecule has 112 valence electrons. The summed E-state index contributed by atoms with van der Waals surface area (Å²) in [6.45, 7) is 2.10. The molecule has 21 heavy (non-hydrogen) atoms. The lowest BCUT2D eigenvalue weighted by atomic mass is 9.83. The molecular weight excluding hydrogens is 282 g/mol. The largest absolute Gasteiger partial charge is 0.478 e. The molecule has 1 aromatic carbocycles. The molecule has 3 nitrogen and oxygen atoms in total. The van der Waals surface area contributed by atoms with Crippen molar-refractivity contribution in [2.24, 2.45) is 0 Å². The smallest absolute Gasteiger partial charge is 0.331 e. The van der Waals surface area contributed by atoms with Crippen LogP contribution >= 0.6 is 12.6 Å². The molecule has 2 rings (SSSR count). The van der Waals surface area contributed by atoms with Crippen molar-refractivity contribution >= 4 is 24.3 Å². The van der Waals surface area contributed by atoms with Gasteiger partial charge in [-0.15, -0.1) is 0 Å². The number of carboxylic acid groups (broad SMARTS) is 1. The molecule has 0 aromatic heterocycles. The fourth-order valence-electron chi connectivity index (χ4n) is 2.57. The number of aliphatic carboxylic acids is 1. The van der Waals surface area contributed by atoms with E-state index in [1.54, 1.807) is 0 Å². The van der Waals surface area contributed by atoms with Crippen molar-refractivity contribution < 1.29 is 9.90 Å². The molecule has 0 aliphatic heterocycles. The number of allylic oxidation sites excluding steroid dienone is 2. The van der Waals surface area contributed by atoms with Gasteiger partial charge >= 0.3 is 5.97 Å². The standard InChI is InChI=1S/C17H21NO2S/c1-2-3-4-12-9-10-17(21,11-15(12)16(19)20)13-5-7-14(18)8-6-13/h5-10,21H,2-4,11,18H2,1H3,(H,19,20). The van der Waals surface area contributed by atoms with Gasteiger partial charge in [0.05, 0.1) is 4.75 Å². The Morgan fingerprint density at radius 3 is 2.62 bits per heavy atom. The van der Waals surface area contributed by atoms with E-state index in [0.717, 1.165) is 30.4 Å². The summed E-state index contributed by atoms with van der Waals surface area (Å²) >= 11 is 4.73. The van der Waals surface area contributed by atoms with Crippen LogP contribution in [0.15, 0.2) is 47.6 Å². The molecule has 0 radical (unpaired) electrons. The number of benzene rings is 1. The lowest BCUT2D eigenvalue weighted by Crippen LogP contribution is -2.23. The average molecular weight is 303 g/mol. The van der Waals surface area contributed by atoms with Crippen LogP contribution in [0.1, 0.15) is 38.2 Å². The molecule has 0 saturated heterocycles. The highest BCUT2D eigenvalue weighted by atomic mass is 32.1. The Morgan fingerprint density at radius 2 is 2.05 bits per heavy atom. The van der Waals surface area contributed by atoms with Crippen molar-refractivity contribution in [1.82, 2.24) is 0 Å². The Hall–Kier alpha value is -1.68. The third kappa shape index (κ3) is 3.50. The monoisotopic (exact) mass is 303 g/mol. The van der Waals surface area contributed by atoms with Gasteiger partial charge in [-0.3, -0.25) is 0 Å². The van der Waals surface area contributed by atoms with Crippen LogP contribution in [0.5, 0.6) is 0 Å². The minimum Gasteiger partial charge on any atom is -0.478 e. The first kappa shape index (κ1) is 15.7. The van der Waals surface area contributed by atoms with Crippen LogP contribution in [0.25, 0.3) is 0 Å². The normalized spacial score (nSPS) is 21.6. The quantitative estimate of drug-likeness (QED) is 0.570. The molecule has 0 heterocycles. The van der Waals surface area contributed by atoms with Crippen LogP contribution in [0.3, 0.4) is 0 Å². The molecule has 1 aromatic rings. The second-order valence-corrected chi connectivity index (χ2v) is 6.27. The van der Waals surface area contributed by atoms with E-state index in [4.69, 9.17) is 18.4 Å². The summed E-state index contributed by atoms with van der Waals surface area (Å²) in [4.78, 5) is 11.6. The number of thiol groups is 1. The SMILES string of the molecule is CCCCC1=C(C(=O)O)CC(S)(c2ccc(N)cc2)C=C1. The zero-order valence-electron chi connectivity index (χ0n) is 12.2. The van der Waals surface area contributed by atoms with E-state index in [-0.39, 0.29) is 0 Å². The van der Waals surface area contributed by atoms with Gasteiger partial charge in [0, 0.05) is 17.7 Å². The van der Waals surface area contributed by atoms with Crippen molar-refractivity contribution in [2.45, 2.75) is 37.4 Å².